The van der Waals surface area contributed by atoms with Gasteiger partial charge in [-0.3, -0.25) is 5.01 Å². The first-order valence-corrected chi connectivity index (χ1v) is 4.58. The van der Waals surface area contributed by atoms with Gasteiger partial charge in [-0.25, -0.2) is 10.2 Å². The van der Waals surface area contributed by atoms with E-state index in [9.17, 15) is 4.79 Å². The fraction of sp³-hybridized carbons (Fsp3) is 0.300. The molecule has 1 rings (SSSR count). The zero-order chi connectivity index (χ0) is 10.4. The summed E-state index contributed by atoms with van der Waals surface area (Å²) >= 11 is 0. The lowest BCUT2D eigenvalue weighted by atomic mass is 10.2. The summed E-state index contributed by atoms with van der Waals surface area (Å²) in [4.78, 5) is 11.0. The summed E-state index contributed by atoms with van der Waals surface area (Å²) < 4.78 is 0. The molecule has 0 atom stereocenters. The Kier molecular flexibility index (Phi) is 3.94. The van der Waals surface area contributed by atoms with E-state index in [0.717, 1.165) is 5.56 Å². The Bertz CT molecular complexity index is 287. The lowest BCUT2D eigenvalue weighted by Crippen LogP contribution is -2.45. The summed E-state index contributed by atoms with van der Waals surface area (Å²) in [5, 5.41) is 1.40. The molecule has 14 heavy (non-hydrogen) atoms. The van der Waals surface area contributed by atoms with Crippen LogP contribution in [0.3, 0.4) is 0 Å². The largest absolute Gasteiger partial charge is 0.350 e. The molecule has 0 aliphatic rings. The van der Waals surface area contributed by atoms with E-state index < -0.39 is 6.03 Å². The lowest BCUT2D eigenvalue weighted by molar-refractivity contribution is 0.177. The van der Waals surface area contributed by atoms with Crippen molar-refractivity contribution < 1.29 is 4.79 Å². The number of nitrogens with one attached hydrogen (secondary N) is 1. The molecule has 2 amide bonds. The monoisotopic (exact) mass is 193 g/mol. The van der Waals surface area contributed by atoms with Gasteiger partial charge in [0.1, 0.15) is 0 Å². The number of hydrazine groups is 1. The minimum Gasteiger partial charge on any atom is -0.350 e. The Balaban J connectivity index is 2.60. The van der Waals surface area contributed by atoms with Crippen molar-refractivity contribution in [2.45, 2.75) is 13.5 Å². The Labute approximate surface area is 83.7 Å². The van der Waals surface area contributed by atoms with Gasteiger partial charge in [0.2, 0.25) is 0 Å². The summed E-state index contributed by atoms with van der Waals surface area (Å²) in [7, 11) is 0. The number of hydrogen-bond donors (Lipinski definition) is 2. The van der Waals surface area contributed by atoms with E-state index in [1.165, 1.54) is 5.01 Å². The van der Waals surface area contributed by atoms with Crippen molar-refractivity contribution in [3.8, 4) is 0 Å². The third-order valence-electron chi connectivity index (χ3n) is 1.80. The van der Waals surface area contributed by atoms with E-state index in [-0.39, 0.29) is 0 Å². The Hall–Kier alpha value is -1.55. The smallest absolute Gasteiger partial charge is 0.329 e. The SMILES string of the molecule is CCNN(Cc1ccccc1)C(N)=O. The van der Waals surface area contributed by atoms with Crippen molar-refractivity contribution in [2.24, 2.45) is 5.73 Å². The van der Waals surface area contributed by atoms with E-state index in [4.69, 9.17) is 5.73 Å². The van der Waals surface area contributed by atoms with Crippen molar-refractivity contribution >= 4 is 6.03 Å². The second-order valence-electron chi connectivity index (χ2n) is 2.92. The Morgan fingerprint density at radius 1 is 1.43 bits per heavy atom. The fourth-order valence-electron chi connectivity index (χ4n) is 1.17. The van der Waals surface area contributed by atoms with Crippen LogP contribution in [0, 0.1) is 0 Å². The molecular formula is C10H15N3O. The van der Waals surface area contributed by atoms with Gasteiger partial charge in [0.25, 0.3) is 0 Å². The zero-order valence-corrected chi connectivity index (χ0v) is 8.23. The summed E-state index contributed by atoms with van der Waals surface area (Å²) in [5.41, 5.74) is 9.13. The lowest BCUT2D eigenvalue weighted by Gasteiger charge is -2.20. The highest BCUT2D eigenvalue weighted by Gasteiger charge is 2.07. The molecule has 1 aromatic carbocycles. The van der Waals surface area contributed by atoms with Gasteiger partial charge in [0, 0.05) is 6.54 Å². The molecule has 0 fully saturated rings. The highest BCUT2D eigenvalue weighted by molar-refractivity contribution is 5.71. The molecule has 0 aromatic heterocycles. The summed E-state index contributed by atoms with van der Waals surface area (Å²) in [5.74, 6) is 0. The van der Waals surface area contributed by atoms with Crippen molar-refractivity contribution in [1.82, 2.24) is 10.4 Å². The van der Waals surface area contributed by atoms with Gasteiger partial charge in [-0.1, -0.05) is 37.3 Å². The summed E-state index contributed by atoms with van der Waals surface area (Å²) in [6, 6.07) is 9.24. The summed E-state index contributed by atoms with van der Waals surface area (Å²) in [6.07, 6.45) is 0. The molecule has 0 spiro atoms. The third-order valence-corrected chi connectivity index (χ3v) is 1.80. The quantitative estimate of drug-likeness (QED) is 0.703. The van der Waals surface area contributed by atoms with Crippen molar-refractivity contribution in [3.63, 3.8) is 0 Å². The normalized spacial score (nSPS) is 9.79. The van der Waals surface area contributed by atoms with Crippen LogP contribution in [-0.2, 0) is 6.54 Å². The number of rotatable bonds is 4. The summed E-state index contributed by atoms with van der Waals surface area (Å²) in [6.45, 7) is 3.08. The number of carbonyl (C=O) groups excluding carboxylic acids is 1. The van der Waals surface area contributed by atoms with Crippen LogP contribution in [0.1, 0.15) is 12.5 Å². The van der Waals surface area contributed by atoms with E-state index in [1.807, 2.05) is 37.3 Å². The average Bonchev–Trinajstić information content (AvgIpc) is 2.18. The molecule has 0 radical (unpaired) electrons. The minimum absolute atomic E-state index is 0.462. The number of nitrogens with zero attached hydrogens (tertiary/aromatic N) is 1. The van der Waals surface area contributed by atoms with Crippen molar-refractivity contribution in [3.05, 3.63) is 35.9 Å². The fourth-order valence-corrected chi connectivity index (χ4v) is 1.17. The van der Waals surface area contributed by atoms with Crippen molar-refractivity contribution in [1.29, 1.82) is 0 Å². The molecular weight excluding hydrogens is 178 g/mol. The van der Waals surface area contributed by atoms with E-state index in [2.05, 4.69) is 5.43 Å². The number of amides is 2. The molecule has 0 saturated heterocycles. The molecule has 4 nitrogen and oxygen atoms in total. The highest BCUT2D eigenvalue weighted by Crippen LogP contribution is 2.01. The maximum atomic E-state index is 11.0. The maximum Gasteiger partial charge on any atom is 0.329 e. The van der Waals surface area contributed by atoms with Crippen LogP contribution in [-0.4, -0.2) is 17.6 Å². The molecule has 0 aliphatic heterocycles. The molecule has 4 heteroatoms. The van der Waals surface area contributed by atoms with Crippen LogP contribution in [0.4, 0.5) is 4.79 Å². The van der Waals surface area contributed by atoms with Crippen LogP contribution >= 0.6 is 0 Å². The molecule has 76 valence electrons. The van der Waals surface area contributed by atoms with Gasteiger partial charge in [-0.05, 0) is 5.56 Å². The number of benzene rings is 1. The predicted octanol–water partition coefficient (Wildman–Crippen LogP) is 1.09. The maximum absolute atomic E-state index is 11.0. The van der Waals surface area contributed by atoms with Crippen molar-refractivity contribution in [2.75, 3.05) is 6.54 Å². The van der Waals surface area contributed by atoms with Gasteiger partial charge >= 0.3 is 6.03 Å². The number of primary amides is 1. The first-order chi connectivity index (χ1) is 6.74. The van der Waals surface area contributed by atoms with E-state index in [0.29, 0.717) is 13.1 Å². The van der Waals surface area contributed by atoms with Gasteiger partial charge in [-0.15, -0.1) is 0 Å². The van der Waals surface area contributed by atoms with Crippen LogP contribution in [0.2, 0.25) is 0 Å². The van der Waals surface area contributed by atoms with E-state index in [1.54, 1.807) is 0 Å². The molecule has 0 heterocycles. The van der Waals surface area contributed by atoms with Gasteiger partial charge in [-0.2, -0.15) is 0 Å². The standard InChI is InChI=1S/C10H15N3O/c1-2-12-13(10(11)14)8-9-6-4-3-5-7-9/h3-7,12H,2,8H2,1H3,(H2,11,14). The number of urea groups is 1. The molecule has 1 aromatic rings. The molecule has 0 bridgehead atoms. The Morgan fingerprint density at radius 2 is 2.07 bits per heavy atom. The average molecular weight is 193 g/mol. The first kappa shape index (κ1) is 10.5. The van der Waals surface area contributed by atoms with Crippen LogP contribution < -0.4 is 11.2 Å². The third kappa shape index (κ3) is 3.06. The van der Waals surface area contributed by atoms with Gasteiger partial charge in [0.05, 0.1) is 6.54 Å². The van der Waals surface area contributed by atoms with Crippen LogP contribution in [0.15, 0.2) is 30.3 Å². The first-order valence-electron chi connectivity index (χ1n) is 4.58. The molecule has 3 N–H and O–H groups in total. The van der Waals surface area contributed by atoms with Gasteiger partial charge in [0.15, 0.2) is 0 Å². The number of carbonyl (C=O) groups is 1. The molecule has 0 saturated carbocycles. The van der Waals surface area contributed by atoms with Gasteiger partial charge < -0.3 is 5.73 Å². The highest BCUT2D eigenvalue weighted by atomic mass is 16.2. The zero-order valence-electron chi connectivity index (χ0n) is 8.23. The number of hydrogen-bond acceptors (Lipinski definition) is 2. The number of nitrogens with two attached hydrogens (primary N) is 1. The molecule has 0 unspecified atom stereocenters. The second kappa shape index (κ2) is 5.24. The predicted molar refractivity (Wildman–Crippen MR) is 55.2 cm³/mol. The van der Waals surface area contributed by atoms with E-state index >= 15 is 0 Å². The van der Waals surface area contributed by atoms with Crippen LogP contribution in [0.5, 0.6) is 0 Å². The Morgan fingerprint density at radius 3 is 2.57 bits per heavy atom. The molecule has 0 aliphatic carbocycles. The second-order valence-corrected chi connectivity index (χ2v) is 2.92. The topological polar surface area (TPSA) is 58.4 Å². The van der Waals surface area contributed by atoms with Crippen LogP contribution in [0.25, 0.3) is 0 Å². The minimum atomic E-state index is -0.462.